The average Bonchev–Trinajstić information content (AvgIpc) is 2.65. The van der Waals surface area contributed by atoms with E-state index in [1.54, 1.807) is 0 Å². The Morgan fingerprint density at radius 1 is 1.25 bits per heavy atom. The van der Waals surface area contributed by atoms with Crippen molar-refractivity contribution in [3.8, 4) is 0 Å². The zero-order valence-electron chi connectivity index (χ0n) is 9.13. The van der Waals surface area contributed by atoms with Crippen LogP contribution in [0.4, 0.5) is 6.01 Å². The Kier molecular flexibility index (Phi) is 2.53. The number of hydrogen-bond acceptors (Lipinski definition) is 6. The Labute approximate surface area is 93.8 Å². The van der Waals surface area contributed by atoms with Crippen LogP contribution in [-0.2, 0) is 4.74 Å². The van der Waals surface area contributed by atoms with E-state index in [-0.39, 0.29) is 12.1 Å². The zero-order valence-corrected chi connectivity index (χ0v) is 9.13. The molecule has 2 N–H and O–H groups in total. The minimum Gasteiger partial charge on any atom is -0.407 e. The Hall–Kier alpha value is -1.14. The van der Waals surface area contributed by atoms with Crippen LogP contribution in [0.5, 0.6) is 0 Å². The quantitative estimate of drug-likeness (QED) is 0.786. The third-order valence-electron chi connectivity index (χ3n) is 3.21. The van der Waals surface area contributed by atoms with E-state index < -0.39 is 0 Å². The first-order valence-corrected chi connectivity index (χ1v) is 5.78. The number of anilines is 1. The molecule has 0 aromatic carbocycles. The Morgan fingerprint density at radius 3 is 2.81 bits per heavy atom. The molecule has 0 aliphatic carbocycles. The maximum absolute atomic E-state index is 6.02. The molecule has 2 aliphatic heterocycles. The molecule has 0 spiro atoms. The summed E-state index contributed by atoms with van der Waals surface area (Å²) in [4.78, 5) is 2.00. The van der Waals surface area contributed by atoms with Gasteiger partial charge in [-0.25, -0.2) is 0 Å². The number of piperidine rings is 1. The van der Waals surface area contributed by atoms with Crippen LogP contribution in [0.25, 0.3) is 0 Å². The molecule has 1 aromatic rings. The second-order valence-corrected chi connectivity index (χ2v) is 4.41. The Bertz CT molecular complexity index is 363. The van der Waals surface area contributed by atoms with Crippen molar-refractivity contribution in [3.63, 3.8) is 0 Å². The highest BCUT2D eigenvalue weighted by atomic mass is 16.5. The van der Waals surface area contributed by atoms with E-state index in [0.29, 0.717) is 25.1 Å². The van der Waals surface area contributed by atoms with Crippen molar-refractivity contribution in [3.05, 3.63) is 5.89 Å². The van der Waals surface area contributed by atoms with Crippen LogP contribution in [0.2, 0.25) is 0 Å². The van der Waals surface area contributed by atoms with E-state index in [2.05, 4.69) is 10.2 Å². The maximum atomic E-state index is 6.02. The molecule has 16 heavy (non-hydrogen) atoms. The van der Waals surface area contributed by atoms with Crippen molar-refractivity contribution >= 4 is 6.01 Å². The van der Waals surface area contributed by atoms with Gasteiger partial charge >= 0.3 is 6.01 Å². The Morgan fingerprint density at radius 2 is 2.12 bits per heavy atom. The molecule has 3 rings (SSSR count). The van der Waals surface area contributed by atoms with Gasteiger partial charge in [0.1, 0.15) is 0 Å². The molecule has 0 bridgehead atoms. The molecule has 6 nitrogen and oxygen atoms in total. The van der Waals surface area contributed by atoms with E-state index in [9.17, 15) is 0 Å². The average molecular weight is 224 g/mol. The van der Waals surface area contributed by atoms with Gasteiger partial charge in [0.25, 0.3) is 0 Å². The summed E-state index contributed by atoms with van der Waals surface area (Å²) in [6.45, 7) is 2.28. The summed E-state index contributed by atoms with van der Waals surface area (Å²) in [5, 5.41) is 8.12. The number of rotatable bonds is 2. The monoisotopic (exact) mass is 224 g/mol. The highest BCUT2D eigenvalue weighted by molar-refractivity contribution is 5.27. The molecule has 1 aromatic heterocycles. The molecule has 2 aliphatic rings. The summed E-state index contributed by atoms with van der Waals surface area (Å²) >= 11 is 0. The summed E-state index contributed by atoms with van der Waals surface area (Å²) < 4.78 is 10.7. The fourth-order valence-corrected chi connectivity index (χ4v) is 2.08. The van der Waals surface area contributed by atoms with Crippen molar-refractivity contribution < 1.29 is 9.15 Å². The van der Waals surface area contributed by atoms with Crippen LogP contribution in [-0.4, -0.2) is 36.1 Å². The molecule has 0 radical (unpaired) electrons. The number of hydrogen-bond donors (Lipinski definition) is 1. The summed E-state index contributed by atoms with van der Waals surface area (Å²) in [5.41, 5.74) is 6.02. The van der Waals surface area contributed by atoms with E-state index >= 15 is 0 Å². The van der Waals surface area contributed by atoms with Crippen molar-refractivity contribution in [2.24, 2.45) is 5.73 Å². The highest BCUT2D eigenvalue weighted by Crippen LogP contribution is 2.27. The first-order valence-electron chi connectivity index (χ1n) is 5.78. The van der Waals surface area contributed by atoms with Gasteiger partial charge in [0, 0.05) is 6.54 Å². The molecule has 1 atom stereocenters. The number of ether oxygens (including phenoxy) is 1. The molecule has 3 heterocycles. The fourth-order valence-electron chi connectivity index (χ4n) is 2.08. The lowest BCUT2D eigenvalue weighted by Crippen LogP contribution is -2.45. The minimum absolute atomic E-state index is 0.0136. The van der Waals surface area contributed by atoms with Gasteiger partial charge in [0.05, 0.1) is 25.3 Å². The second-order valence-electron chi connectivity index (χ2n) is 4.41. The first kappa shape index (κ1) is 10.0. The lowest BCUT2D eigenvalue weighted by Gasteiger charge is -2.31. The summed E-state index contributed by atoms with van der Waals surface area (Å²) in [7, 11) is 0. The van der Waals surface area contributed by atoms with Gasteiger partial charge in [0.2, 0.25) is 5.89 Å². The van der Waals surface area contributed by atoms with Crippen molar-refractivity contribution in [1.82, 2.24) is 10.2 Å². The van der Waals surface area contributed by atoms with Gasteiger partial charge in [0.15, 0.2) is 0 Å². The van der Waals surface area contributed by atoms with Crippen LogP contribution in [0.3, 0.4) is 0 Å². The Balaban J connectivity index is 1.75. The molecule has 88 valence electrons. The van der Waals surface area contributed by atoms with Gasteiger partial charge in [-0.15, -0.1) is 5.10 Å². The first-order chi connectivity index (χ1) is 7.84. The molecule has 1 unspecified atom stereocenters. The van der Waals surface area contributed by atoms with Crippen molar-refractivity contribution in [2.45, 2.75) is 31.3 Å². The SMILES string of the molecule is NC1CCCCN1c1nnc(C2COC2)o1. The summed E-state index contributed by atoms with van der Waals surface area (Å²) in [6, 6.07) is 0.564. The highest BCUT2D eigenvalue weighted by Gasteiger charge is 2.29. The smallest absolute Gasteiger partial charge is 0.319 e. The van der Waals surface area contributed by atoms with Gasteiger partial charge in [-0.1, -0.05) is 5.10 Å². The predicted octanol–water partition coefficient (Wildman–Crippen LogP) is 0.458. The molecule has 0 amide bonds. The molecule has 2 saturated heterocycles. The minimum atomic E-state index is 0.0136. The van der Waals surface area contributed by atoms with Gasteiger partial charge in [-0.05, 0) is 19.3 Å². The van der Waals surface area contributed by atoms with Crippen LogP contribution >= 0.6 is 0 Å². The molecular formula is C10H16N4O2. The standard InChI is InChI=1S/C10H16N4O2/c11-8-3-1-2-4-14(8)10-13-12-9(16-10)7-5-15-6-7/h7-8H,1-6,11H2. The molecule has 0 saturated carbocycles. The van der Waals surface area contributed by atoms with Crippen LogP contribution < -0.4 is 10.6 Å². The summed E-state index contributed by atoms with van der Waals surface area (Å²) in [6.07, 6.45) is 3.32. The van der Waals surface area contributed by atoms with E-state index in [1.165, 1.54) is 6.42 Å². The van der Waals surface area contributed by atoms with Crippen molar-refractivity contribution in [2.75, 3.05) is 24.7 Å². The number of nitrogens with zero attached hydrogens (tertiary/aromatic N) is 3. The van der Waals surface area contributed by atoms with E-state index in [4.69, 9.17) is 14.9 Å². The van der Waals surface area contributed by atoms with Gasteiger partial charge in [-0.2, -0.15) is 0 Å². The lowest BCUT2D eigenvalue weighted by atomic mass is 10.1. The maximum Gasteiger partial charge on any atom is 0.319 e. The molecule has 6 heteroatoms. The molecular weight excluding hydrogens is 208 g/mol. The normalized spacial score (nSPS) is 26.8. The second kappa shape index (κ2) is 4.03. The van der Waals surface area contributed by atoms with Crippen LogP contribution in [0, 0.1) is 0 Å². The fraction of sp³-hybridized carbons (Fsp3) is 0.800. The van der Waals surface area contributed by atoms with Crippen molar-refractivity contribution in [1.29, 1.82) is 0 Å². The largest absolute Gasteiger partial charge is 0.407 e. The zero-order chi connectivity index (χ0) is 11.0. The van der Waals surface area contributed by atoms with Crippen LogP contribution in [0.1, 0.15) is 31.1 Å². The van der Waals surface area contributed by atoms with Crippen LogP contribution in [0.15, 0.2) is 4.42 Å². The third kappa shape index (κ3) is 1.68. The van der Waals surface area contributed by atoms with Gasteiger partial charge < -0.3 is 19.8 Å². The summed E-state index contributed by atoms with van der Waals surface area (Å²) in [5.74, 6) is 0.960. The molecule has 2 fully saturated rings. The number of aromatic nitrogens is 2. The van der Waals surface area contributed by atoms with Gasteiger partial charge in [-0.3, -0.25) is 0 Å². The van der Waals surface area contributed by atoms with E-state index in [0.717, 1.165) is 19.4 Å². The van der Waals surface area contributed by atoms with E-state index in [1.807, 2.05) is 4.90 Å². The lowest BCUT2D eigenvalue weighted by molar-refractivity contribution is -0.00228. The number of nitrogens with two attached hydrogens (primary N) is 1. The topological polar surface area (TPSA) is 77.4 Å². The third-order valence-corrected chi connectivity index (χ3v) is 3.21. The predicted molar refractivity (Wildman–Crippen MR) is 57.0 cm³/mol.